The minimum Gasteiger partial charge on any atom is -0.360 e. The van der Waals surface area contributed by atoms with Crippen LogP contribution in [0.1, 0.15) is 29.3 Å². The first-order valence-corrected chi connectivity index (χ1v) is 11.1. The maximum absolute atomic E-state index is 13.4. The summed E-state index contributed by atoms with van der Waals surface area (Å²) in [6.07, 6.45) is 4.47. The SMILES string of the molecule is CCS(=O)(=O)c1ccccc1C(=O)N1CC=C(c2c[nH]c3cc(F)ccc23)CC1. The maximum Gasteiger partial charge on any atom is 0.255 e. The Balaban J connectivity index is 1.60. The molecule has 0 radical (unpaired) electrons. The number of rotatable bonds is 4. The Bertz CT molecular complexity index is 1230. The Morgan fingerprint density at radius 3 is 2.72 bits per heavy atom. The van der Waals surface area contributed by atoms with Crippen molar-refractivity contribution < 1.29 is 17.6 Å². The number of fused-ring (bicyclic) bond motifs is 1. The molecule has 1 aliphatic heterocycles. The number of carbonyl (C=O) groups is 1. The van der Waals surface area contributed by atoms with Gasteiger partial charge in [0.25, 0.3) is 5.91 Å². The molecule has 0 saturated heterocycles. The summed E-state index contributed by atoms with van der Waals surface area (Å²) in [5.41, 5.74) is 3.04. The molecule has 2 heterocycles. The Morgan fingerprint density at radius 1 is 1.21 bits per heavy atom. The number of hydrogen-bond donors (Lipinski definition) is 1. The normalized spacial score (nSPS) is 14.8. The minimum absolute atomic E-state index is 0.0531. The second-order valence-electron chi connectivity index (χ2n) is 7.02. The average molecular weight is 412 g/mol. The first-order chi connectivity index (χ1) is 13.9. The van der Waals surface area contributed by atoms with E-state index in [4.69, 9.17) is 0 Å². The molecular weight excluding hydrogens is 391 g/mol. The number of benzene rings is 2. The lowest BCUT2D eigenvalue weighted by Gasteiger charge is -2.27. The Kier molecular flexibility index (Phi) is 5.00. The van der Waals surface area contributed by atoms with Crippen molar-refractivity contribution in [3.63, 3.8) is 0 Å². The molecule has 0 saturated carbocycles. The van der Waals surface area contributed by atoms with Gasteiger partial charge in [0.15, 0.2) is 9.84 Å². The molecule has 29 heavy (non-hydrogen) atoms. The van der Waals surface area contributed by atoms with Gasteiger partial charge in [-0.2, -0.15) is 0 Å². The maximum atomic E-state index is 13.4. The zero-order valence-corrected chi connectivity index (χ0v) is 16.8. The van der Waals surface area contributed by atoms with E-state index >= 15 is 0 Å². The van der Waals surface area contributed by atoms with Crippen LogP contribution in [0.25, 0.3) is 16.5 Å². The van der Waals surface area contributed by atoms with Gasteiger partial charge in [-0.25, -0.2) is 12.8 Å². The van der Waals surface area contributed by atoms with E-state index in [2.05, 4.69) is 4.98 Å². The number of aromatic nitrogens is 1. The van der Waals surface area contributed by atoms with Crippen LogP contribution in [0.2, 0.25) is 0 Å². The van der Waals surface area contributed by atoms with E-state index < -0.39 is 9.84 Å². The molecule has 2 aromatic carbocycles. The third kappa shape index (κ3) is 3.58. The van der Waals surface area contributed by atoms with Gasteiger partial charge in [-0.1, -0.05) is 25.1 Å². The fourth-order valence-corrected chi connectivity index (χ4v) is 4.79. The summed E-state index contributed by atoms with van der Waals surface area (Å²) in [6.45, 7) is 2.45. The van der Waals surface area contributed by atoms with Gasteiger partial charge in [0.05, 0.1) is 16.2 Å². The Labute approximate surface area is 168 Å². The summed E-state index contributed by atoms with van der Waals surface area (Å²) in [7, 11) is -3.48. The molecule has 5 nitrogen and oxygen atoms in total. The molecule has 0 bridgehead atoms. The van der Waals surface area contributed by atoms with E-state index in [-0.39, 0.29) is 27.9 Å². The van der Waals surface area contributed by atoms with E-state index in [9.17, 15) is 17.6 Å². The summed E-state index contributed by atoms with van der Waals surface area (Å²) in [4.78, 5) is 17.8. The topological polar surface area (TPSA) is 70.2 Å². The predicted molar refractivity (Wildman–Crippen MR) is 111 cm³/mol. The fraction of sp³-hybridized carbons (Fsp3) is 0.227. The molecular formula is C22H21FN2O3S. The molecule has 0 unspecified atom stereocenters. The van der Waals surface area contributed by atoms with Crippen LogP contribution in [0, 0.1) is 5.82 Å². The molecule has 1 N–H and O–H groups in total. The highest BCUT2D eigenvalue weighted by Crippen LogP contribution is 2.30. The number of aromatic amines is 1. The van der Waals surface area contributed by atoms with E-state index in [1.807, 2.05) is 12.3 Å². The molecule has 0 spiro atoms. The summed E-state index contributed by atoms with van der Waals surface area (Å²) < 4.78 is 38.1. The third-order valence-electron chi connectivity index (χ3n) is 5.32. The third-order valence-corrected chi connectivity index (χ3v) is 7.10. The first-order valence-electron chi connectivity index (χ1n) is 9.48. The molecule has 0 fully saturated rings. The fourth-order valence-electron chi connectivity index (χ4n) is 3.70. The molecule has 3 aromatic rings. The number of nitrogens with one attached hydrogen (secondary N) is 1. The molecule has 1 aromatic heterocycles. The molecule has 1 aliphatic rings. The second-order valence-corrected chi connectivity index (χ2v) is 9.27. The second kappa shape index (κ2) is 7.48. The summed E-state index contributed by atoms with van der Waals surface area (Å²) in [5.74, 6) is -0.627. The first kappa shape index (κ1) is 19.4. The molecule has 150 valence electrons. The van der Waals surface area contributed by atoms with Crippen molar-refractivity contribution in [3.05, 3.63) is 71.7 Å². The van der Waals surface area contributed by atoms with Gasteiger partial charge in [0, 0.05) is 35.8 Å². The summed E-state index contributed by atoms with van der Waals surface area (Å²) in [6, 6.07) is 11.0. The lowest BCUT2D eigenvalue weighted by Crippen LogP contribution is -2.35. The van der Waals surface area contributed by atoms with Crippen molar-refractivity contribution in [3.8, 4) is 0 Å². The number of hydrogen-bond acceptors (Lipinski definition) is 3. The van der Waals surface area contributed by atoms with Crippen LogP contribution in [-0.4, -0.2) is 43.1 Å². The van der Waals surface area contributed by atoms with Gasteiger partial charge in [0.1, 0.15) is 5.82 Å². The van der Waals surface area contributed by atoms with Crippen molar-refractivity contribution in [2.75, 3.05) is 18.8 Å². The molecule has 0 aliphatic carbocycles. The largest absolute Gasteiger partial charge is 0.360 e. The van der Waals surface area contributed by atoms with Crippen LogP contribution in [0.15, 0.2) is 59.6 Å². The zero-order chi connectivity index (χ0) is 20.6. The van der Waals surface area contributed by atoms with E-state index in [1.165, 1.54) is 18.2 Å². The minimum atomic E-state index is -3.48. The van der Waals surface area contributed by atoms with E-state index in [0.29, 0.717) is 19.5 Å². The van der Waals surface area contributed by atoms with Gasteiger partial charge >= 0.3 is 0 Å². The van der Waals surface area contributed by atoms with Gasteiger partial charge < -0.3 is 9.88 Å². The Morgan fingerprint density at radius 2 is 2.00 bits per heavy atom. The lowest BCUT2D eigenvalue weighted by atomic mass is 9.98. The van der Waals surface area contributed by atoms with Crippen molar-refractivity contribution in [2.45, 2.75) is 18.2 Å². The highest BCUT2D eigenvalue weighted by Gasteiger charge is 2.26. The lowest BCUT2D eigenvalue weighted by molar-refractivity contribution is 0.0769. The van der Waals surface area contributed by atoms with Crippen LogP contribution >= 0.6 is 0 Å². The highest BCUT2D eigenvalue weighted by molar-refractivity contribution is 7.91. The molecule has 1 amide bonds. The standard InChI is InChI=1S/C22H21FN2O3S/c1-2-29(27,28)21-6-4-3-5-18(21)22(26)25-11-9-15(10-12-25)19-14-24-20-13-16(23)7-8-17(19)20/h3-9,13-14,24H,2,10-12H2,1H3. The zero-order valence-electron chi connectivity index (χ0n) is 16.0. The van der Waals surface area contributed by atoms with Crippen molar-refractivity contribution >= 4 is 32.2 Å². The predicted octanol–water partition coefficient (Wildman–Crippen LogP) is 4.03. The van der Waals surface area contributed by atoms with Gasteiger partial charge in [-0.15, -0.1) is 0 Å². The van der Waals surface area contributed by atoms with Crippen LogP contribution in [0.3, 0.4) is 0 Å². The summed E-state index contributed by atoms with van der Waals surface area (Å²) >= 11 is 0. The quantitative estimate of drug-likeness (QED) is 0.703. The van der Waals surface area contributed by atoms with Crippen LogP contribution in [0.4, 0.5) is 4.39 Å². The summed E-state index contributed by atoms with van der Waals surface area (Å²) in [5, 5.41) is 0.941. The number of carbonyl (C=O) groups excluding carboxylic acids is 1. The molecule has 7 heteroatoms. The molecule has 4 rings (SSSR count). The van der Waals surface area contributed by atoms with Gasteiger partial charge in [-0.05, 0) is 42.3 Å². The number of sulfone groups is 1. The smallest absolute Gasteiger partial charge is 0.255 e. The highest BCUT2D eigenvalue weighted by atomic mass is 32.2. The van der Waals surface area contributed by atoms with Crippen LogP contribution in [-0.2, 0) is 9.84 Å². The van der Waals surface area contributed by atoms with Crippen molar-refractivity contribution in [2.24, 2.45) is 0 Å². The average Bonchev–Trinajstić information content (AvgIpc) is 3.16. The van der Waals surface area contributed by atoms with Gasteiger partial charge in [0.2, 0.25) is 0 Å². The molecule has 0 atom stereocenters. The number of nitrogens with zero attached hydrogens (tertiary/aromatic N) is 1. The monoisotopic (exact) mass is 412 g/mol. The number of amides is 1. The van der Waals surface area contributed by atoms with E-state index in [1.54, 1.807) is 36.1 Å². The number of H-pyrrole nitrogens is 1. The van der Waals surface area contributed by atoms with Crippen LogP contribution in [0.5, 0.6) is 0 Å². The van der Waals surface area contributed by atoms with Crippen molar-refractivity contribution in [1.29, 1.82) is 0 Å². The Hall–Kier alpha value is -2.93. The van der Waals surface area contributed by atoms with Crippen LogP contribution < -0.4 is 0 Å². The van der Waals surface area contributed by atoms with Gasteiger partial charge in [-0.3, -0.25) is 4.79 Å². The van der Waals surface area contributed by atoms with E-state index in [0.717, 1.165) is 22.0 Å². The van der Waals surface area contributed by atoms with Crippen molar-refractivity contribution in [1.82, 2.24) is 9.88 Å². The number of halogens is 1.